The van der Waals surface area contributed by atoms with Crippen molar-refractivity contribution < 1.29 is 4.74 Å². The molecule has 17 heavy (non-hydrogen) atoms. The summed E-state index contributed by atoms with van der Waals surface area (Å²) in [5.74, 6) is 1.68. The van der Waals surface area contributed by atoms with Crippen molar-refractivity contribution in [1.82, 2.24) is 10.6 Å². The number of guanidine groups is 1. The summed E-state index contributed by atoms with van der Waals surface area (Å²) < 4.78 is 5.18. The molecule has 0 heterocycles. The Morgan fingerprint density at radius 3 is 2.76 bits per heavy atom. The molecule has 0 atom stereocenters. The first-order chi connectivity index (χ1) is 8.15. The molecule has 0 saturated heterocycles. The van der Waals surface area contributed by atoms with Crippen molar-refractivity contribution >= 4 is 5.96 Å². The highest BCUT2D eigenvalue weighted by atomic mass is 16.5. The SMILES string of the molecule is CN=C(NCc1cccc(OC)c1)NC(C)C. The first kappa shape index (κ1) is 13.4. The molecule has 0 aliphatic heterocycles. The van der Waals surface area contributed by atoms with E-state index >= 15 is 0 Å². The fraction of sp³-hybridized carbons (Fsp3) is 0.462. The Morgan fingerprint density at radius 1 is 1.41 bits per heavy atom. The summed E-state index contributed by atoms with van der Waals surface area (Å²) in [5.41, 5.74) is 1.16. The first-order valence-corrected chi connectivity index (χ1v) is 5.76. The molecule has 0 unspecified atom stereocenters. The van der Waals surface area contributed by atoms with Crippen LogP contribution in [0.4, 0.5) is 0 Å². The van der Waals surface area contributed by atoms with Crippen LogP contribution in [0.15, 0.2) is 29.3 Å². The van der Waals surface area contributed by atoms with Gasteiger partial charge in [0.2, 0.25) is 0 Å². The maximum Gasteiger partial charge on any atom is 0.191 e. The predicted octanol–water partition coefficient (Wildman–Crippen LogP) is 1.77. The van der Waals surface area contributed by atoms with E-state index in [4.69, 9.17) is 4.74 Å². The lowest BCUT2D eigenvalue weighted by Crippen LogP contribution is -2.40. The maximum atomic E-state index is 5.18. The van der Waals surface area contributed by atoms with Gasteiger partial charge >= 0.3 is 0 Å². The summed E-state index contributed by atoms with van der Waals surface area (Å²) in [4.78, 5) is 4.15. The molecule has 0 fully saturated rings. The van der Waals surface area contributed by atoms with Gasteiger partial charge in [-0.05, 0) is 31.5 Å². The van der Waals surface area contributed by atoms with E-state index in [0.717, 1.165) is 23.8 Å². The van der Waals surface area contributed by atoms with E-state index in [0.29, 0.717) is 6.04 Å². The monoisotopic (exact) mass is 235 g/mol. The van der Waals surface area contributed by atoms with E-state index in [9.17, 15) is 0 Å². The Kier molecular flexibility index (Phi) is 5.33. The van der Waals surface area contributed by atoms with Gasteiger partial charge in [-0.25, -0.2) is 0 Å². The molecule has 0 amide bonds. The van der Waals surface area contributed by atoms with Crippen LogP contribution >= 0.6 is 0 Å². The van der Waals surface area contributed by atoms with Gasteiger partial charge in [0.1, 0.15) is 5.75 Å². The fourth-order valence-corrected chi connectivity index (χ4v) is 1.44. The van der Waals surface area contributed by atoms with Gasteiger partial charge in [-0.15, -0.1) is 0 Å². The number of hydrogen-bond acceptors (Lipinski definition) is 2. The summed E-state index contributed by atoms with van der Waals surface area (Å²) in [6.07, 6.45) is 0. The molecule has 1 aromatic rings. The second-order valence-corrected chi connectivity index (χ2v) is 4.08. The lowest BCUT2D eigenvalue weighted by Gasteiger charge is -2.14. The fourth-order valence-electron chi connectivity index (χ4n) is 1.44. The Balaban J connectivity index is 2.54. The van der Waals surface area contributed by atoms with E-state index in [2.05, 4.69) is 35.5 Å². The molecule has 0 bridgehead atoms. The van der Waals surface area contributed by atoms with Crippen molar-refractivity contribution in [2.45, 2.75) is 26.4 Å². The number of benzene rings is 1. The van der Waals surface area contributed by atoms with Gasteiger partial charge in [-0.2, -0.15) is 0 Å². The zero-order chi connectivity index (χ0) is 12.7. The van der Waals surface area contributed by atoms with Crippen molar-refractivity contribution in [3.8, 4) is 5.75 Å². The molecular formula is C13H21N3O. The number of ether oxygens (including phenoxy) is 1. The average molecular weight is 235 g/mol. The third-order valence-corrected chi connectivity index (χ3v) is 2.24. The van der Waals surface area contributed by atoms with Gasteiger partial charge in [-0.1, -0.05) is 12.1 Å². The molecule has 0 radical (unpaired) electrons. The third-order valence-electron chi connectivity index (χ3n) is 2.24. The lowest BCUT2D eigenvalue weighted by atomic mass is 10.2. The number of nitrogens with zero attached hydrogens (tertiary/aromatic N) is 1. The lowest BCUT2D eigenvalue weighted by molar-refractivity contribution is 0.414. The van der Waals surface area contributed by atoms with Crippen LogP contribution in [-0.2, 0) is 6.54 Å². The molecule has 2 N–H and O–H groups in total. The second kappa shape index (κ2) is 6.78. The molecular weight excluding hydrogens is 214 g/mol. The highest BCUT2D eigenvalue weighted by molar-refractivity contribution is 5.79. The number of nitrogens with one attached hydrogen (secondary N) is 2. The van der Waals surface area contributed by atoms with Crippen molar-refractivity contribution in [3.63, 3.8) is 0 Å². The van der Waals surface area contributed by atoms with Crippen LogP contribution < -0.4 is 15.4 Å². The highest BCUT2D eigenvalue weighted by Gasteiger charge is 2.00. The normalized spacial score (nSPS) is 11.5. The van der Waals surface area contributed by atoms with E-state index in [1.165, 1.54) is 0 Å². The Bertz CT molecular complexity index is 375. The topological polar surface area (TPSA) is 45.7 Å². The Morgan fingerprint density at radius 2 is 2.18 bits per heavy atom. The molecule has 4 nitrogen and oxygen atoms in total. The second-order valence-electron chi connectivity index (χ2n) is 4.08. The summed E-state index contributed by atoms with van der Waals surface area (Å²) in [7, 11) is 3.44. The molecule has 1 rings (SSSR count). The minimum atomic E-state index is 0.367. The number of rotatable bonds is 4. The number of aliphatic imine (C=N–C) groups is 1. The molecule has 0 aromatic heterocycles. The van der Waals surface area contributed by atoms with E-state index in [1.54, 1.807) is 14.2 Å². The van der Waals surface area contributed by atoms with Crippen LogP contribution in [0.3, 0.4) is 0 Å². The first-order valence-electron chi connectivity index (χ1n) is 5.76. The molecule has 0 saturated carbocycles. The smallest absolute Gasteiger partial charge is 0.191 e. The highest BCUT2D eigenvalue weighted by Crippen LogP contribution is 2.11. The van der Waals surface area contributed by atoms with E-state index in [-0.39, 0.29) is 0 Å². The van der Waals surface area contributed by atoms with Crippen LogP contribution in [0.2, 0.25) is 0 Å². The molecule has 0 aliphatic rings. The van der Waals surface area contributed by atoms with Crippen molar-refractivity contribution in [3.05, 3.63) is 29.8 Å². The summed E-state index contributed by atoms with van der Waals surface area (Å²) in [6.45, 7) is 4.89. The standard InChI is InChI=1S/C13H21N3O/c1-10(2)16-13(14-3)15-9-11-6-5-7-12(8-11)17-4/h5-8,10H,9H2,1-4H3,(H2,14,15,16). The number of methoxy groups -OCH3 is 1. The quantitative estimate of drug-likeness (QED) is 0.617. The van der Waals surface area contributed by atoms with Crippen molar-refractivity contribution in [2.75, 3.05) is 14.2 Å². The van der Waals surface area contributed by atoms with Crippen LogP contribution in [0, 0.1) is 0 Å². The van der Waals surface area contributed by atoms with Gasteiger partial charge in [0.05, 0.1) is 7.11 Å². The molecule has 4 heteroatoms. The minimum absolute atomic E-state index is 0.367. The van der Waals surface area contributed by atoms with Crippen molar-refractivity contribution in [1.29, 1.82) is 0 Å². The minimum Gasteiger partial charge on any atom is -0.497 e. The van der Waals surface area contributed by atoms with E-state index in [1.807, 2.05) is 18.2 Å². The van der Waals surface area contributed by atoms with Gasteiger partial charge in [0.25, 0.3) is 0 Å². The molecule has 0 aliphatic carbocycles. The summed E-state index contributed by atoms with van der Waals surface area (Å²) >= 11 is 0. The maximum absolute atomic E-state index is 5.18. The summed E-state index contributed by atoms with van der Waals surface area (Å²) in [6, 6.07) is 8.35. The number of hydrogen-bond donors (Lipinski definition) is 2. The zero-order valence-electron chi connectivity index (χ0n) is 10.9. The van der Waals surface area contributed by atoms with Gasteiger partial charge in [0, 0.05) is 19.6 Å². The van der Waals surface area contributed by atoms with Crippen LogP contribution in [0.5, 0.6) is 5.75 Å². The van der Waals surface area contributed by atoms with Gasteiger partial charge in [-0.3, -0.25) is 4.99 Å². The Labute approximate surface area is 103 Å². The molecule has 94 valence electrons. The molecule has 1 aromatic carbocycles. The molecule has 0 spiro atoms. The van der Waals surface area contributed by atoms with Crippen LogP contribution in [-0.4, -0.2) is 26.2 Å². The van der Waals surface area contributed by atoms with Crippen molar-refractivity contribution in [2.24, 2.45) is 4.99 Å². The van der Waals surface area contributed by atoms with Gasteiger partial charge < -0.3 is 15.4 Å². The summed E-state index contributed by atoms with van der Waals surface area (Å²) in [5, 5.41) is 6.49. The predicted molar refractivity (Wildman–Crippen MR) is 71.5 cm³/mol. The van der Waals surface area contributed by atoms with Crippen LogP contribution in [0.1, 0.15) is 19.4 Å². The average Bonchev–Trinajstić information content (AvgIpc) is 2.34. The third kappa shape index (κ3) is 4.76. The van der Waals surface area contributed by atoms with Crippen LogP contribution in [0.25, 0.3) is 0 Å². The largest absolute Gasteiger partial charge is 0.497 e. The zero-order valence-corrected chi connectivity index (χ0v) is 10.9. The Hall–Kier alpha value is -1.71. The van der Waals surface area contributed by atoms with E-state index < -0.39 is 0 Å². The van der Waals surface area contributed by atoms with Gasteiger partial charge in [0.15, 0.2) is 5.96 Å².